The smallest absolute Gasteiger partial charge is 0.180 e. The van der Waals surface area contributed by atoms with Crippen LogP contribution >= 0.6 is 7.92 Å². The molecule has 7 rings (SSSR count). The van der Waals surface area contributed by atoms with Crippen molar-refractivity contribution in [2.45, 2.75) is 0 Å². The molecule has 184 valence electrons. The zero-order chi connectivity index (χ0) is 26.0. The molecule has 0 aliphatic rings. The highest BCUT2D eigenvalue weighted by molar-refractivity contribution is 7.80. The lowest BCUT2D eigenvalue weighted by atomic mass is 9.99. The van der Waals surface area contributed by atoms with Crippen molar-refractivity contribution in [3.8, 4) is 22.8 Å². The number of nitrogens with zero attached hydrogens (tertiary/aromatic N) is 4. The molecule has 0 bridgehead atoms. The van der Waals surface area contributed by atoms with Crippen LogP contribution in [0.3, 0.4) is 0 Å². The normalized spacial score (nSPS) is 11.3. The van der Waals surface area contributed by atoms with Crippen LogP contribution in [0, 0.1) is 0 Å². The summed E-state index contributed by atoms with van der Waals surface area (Å²) in [6, 6.07) is 42.9. The molecule has 0 unspecified atom stereocenters. The summed E-state index contributed by atoms with van der Waals surface area (Å²) < 4.78 is 0. The number of hydrogen-bond donors (Lipinski definition) is 0. The summed E-state index contributed by atoms with van der Waals surface area (Å²) in [6.45, 7) is 0. The summed E-state index contributed by atoms with van der Waals surface area (Å²) in [5, 5.41) is 7.21. The van der Waals surface area contributed by atoms with Gasteiger partial charge in [0.1, 0.15) is 5.69 Å². The molecule has 4 nitrogen and oxygen atoms in total. The van der Waals surface area contributed by atoms with Crippen molar-refractivity contribution in [3.63, 3.8) is 0 Å². The molecule has 0 aliphatic heterocycles. The fourth-order valence-electron chi connectivity index (χ4n) is 5.07. The van der Waals surface area contributed by atoms with Gasteiger partial charge < -0.3 is 0 Å². The monoisotopic (exact) mass is 518 g/mol. The minimum atomic E-state index is -0.871. The predicted octanol–water partition coefficient (Wildman–Crippen LogP) is 6.67. The first-order valence-electron chi connectivity index (χ1n) is 12.8. The summed E-state index contributed by atoms with van der Waals surface area (Å²) in [4.78, 5) is 18.9. The van der Waals surface area contributed by atoms with E-state index >= 15 is 0 Å². The largest absolute Gasteiger partial charge is 0.261 e. The molecule has 7 aromatic rings. The first-order chi connectivity index (χ1) is 19.4. The second-order valence-corrected chi connectivity index (χ2v) is 11.4. The number of rotatable bonds is 5. The molecule has 5 aromatic carbocycles. The summed E-state index contributed by atoms with van der Waals surface area (Å²) >= 11 is 0. The van der Waals surface area contributed by atoms with Gasteiger partial charge in [-0.05, 0) is 40.7 Å². The maximum atomic E-state index is 5.22. The first kappa shape index (κ1) is 23.3. The van der Waals surface area contributed by atoms with Gasteiger partial charge in [-0.1, -0.05) is 115 Å². The Hall–Kier alpha value is -4.79. The topological polar surface area (TPSA) is 51.6 Å². The van der Waals surface area contributed by atoms with Crippen molar-refractivity contribution in [3.05, 3.63) is 140 Å². The van der Waals surface area contributed by atoms with Crippen LogP contribution in [0.15, 0.2) is 140 Å². The van der Waals surface area contributed by atoms with Gasteiger partial charge in [-0.2, -0.15) is 0 Å². The van der Waals surface area contributed by atoms with Gasteiger partial charge in [0.2, 0.25) is 0 Å². The van der Waals surface area contributed by atoms with Gasteiger partial charge >= 0.3 is 0 Å². The predicted molar refractivity (Wildman–Crippen MR) is 162 cm³/mol. The number of hydrogen-bond acceptors (Lipinski definition) is 4. The third-order valence-corrected chi connectivity index (χ3v) is 9.29. The van der Waals surface area contributed by atoms with Crippen molar-refractivity contribution in [2.75, 3.05) is 0 Å². The van der Waals surface area contributed by atoms with E-state index in [4.69, 9.17) is 9.97 Å². The molecule has 0 fully saturated rings. The maximum absolute atomic E-state index is 5.22. The molecule has 5 heteroatoms. The van der Waals surface area contributed by atoms with E-state index in [-0.39, 0.29) is 0 Å². The Bertz CT molecular complexity index is 1870. The third-order valence-electron chi connectivity index (χ3n) is 6.81. The van der Waals surface area contributed by atoms with Gasteiger partial charge in [0.05, 0.1) is 17.4 Å². The molecule has 0 radical (unpaired) electrons. The number of benzene rings is 5. The van der Waals surface area contributed by atoms with Crippen molar-refractivity contribution in [2.24, 2.45) is 0 Å². The second-order valence-electron chi connectivity index (χ2n) is 9.19. The summed E-state index contributed by atoms with van der Waals surface area (Å²) in [6.07, 6.45) is 5.07. The van der Waals surface area contributed by atoms with Gasteiger partial charge in [-0.3, -0.25) is 4.98 Å². The summed E-state index contributed by atoms with van der Waals surface area (Å²) in [5.41, 5.74) is 3.58. The molecular weight excluding hydrogens is 495 g/mol. The van der Waals surface area contributed by atoms with Crippen LogP contribution in [0.2, 0.25) is 0 Å². The van der Waals surface area contributed by atoms with Crippen LogP contribution in [0.4, 0.5) is 0 Å². The molecule has 39 heavy (non-hydrogen) atoms. The van der Waals surface area contributed by atoms with Gasteiger partial charge in [-0.15, -0.1) is 0 Å². The Labute approximate surface area is 227 Å². The highest BCUT2D eigenvalue weighted by atomic mass is 31.1. The molecule has 2 aromatic heterocycles. The standard InChI is InChI=1S/C34H23N4P/c1-3-12-25(13-4-1)39(26-14-5-2-6-15-26)31-20-19-24-11-7-8-16-27(24)32(31)33-28-17-9-10-18-29(28)37-34(38-33)30-23-35-21-22-36-30/h1-23H. The van der Waals surface area contributed by atoms with E-state index in [1.165, 1.54) is 26.7 Å². The Balaban J connectivity index is 1.60. The van der Waals surface area contributed by atoms with Gasteiger partial charge in [0, 0.05) is 23.3 Å². The van der Waals surface area contributed by atoms with Gasteiger partial charge in [-0.25, -0.2) is 15.0 Å². The van der Waals surface area contributed by atoms with Crippen LogP contribution in [-0.4, -0.2) is 19.9 Å². The Morgan fingerprint density at radius 3 is 1.92 bits per heavy atom. The van der Waals surface area contributed by atoms with E-state index in [9.17, 15) is 0 Å². The maximum Gasteiger partial charge on any atom is 0.180 e. The zero-order valence-electron chi connectivity index (χ0n) is 21.0. The lowest BCUT2D eigenvalue weighted by Crippen LogP contribution is -2.22. The van der Waals surface area contributed by atoms with E-state index in [0.717, 1.165) is 22.2 Å². The minimum absolute atomic E-state index is 0.569. The highest BCUT2D eigenvalue weighted by Gasteiger charge is 2.24. The van der Waals surface area contributed by atoms with Gasteiger partial charge in [0.15, 0.2) is 5.82 Å². The average Bonchev–Trinajstić information content (AvgIpc) is 3.02. The lowest BCUT2D eigenvalue weighted by molar-refractivity contribution is 1.14. The Morgan fingerprint density at radius 1 is 0.538 bits per heavy atom. The first-order valence-corrected chi connectivity index (χ1v) is 14.2. The molecule has 0 spiro atoms. The van der Waals surface area contributed by atoms with Crippen LogP contribution < -0.4 is 15.9 Å². The quantitative estimate of drug-likeness (QED) is 0.239. The molecule has 0 saturated heterocycles. The number of aromatic nitrogens is 4. The zero-order valence-corrected chi connectivity index (χ0v) is 21.9. The van der Waals surface area contributed by atoms with Crippen molar-refractivity contribution in [1.29, 1.82) is 0 Å². The van der Waals surface area contributed by atoms with Crippen molar-refractivity contribution in [1.82, 2.24) is 19.9 Å². The molecule has 0 aliphatic carbocycles. The molecular formula is C34H23N4P. The average molecular weight is 519 g/mol. The Morgan fingerprint density at radius 2 is 1.21 bits per heavy atom. The van der Waals surface area contributed by atoms with E-state index in [1.807, 2.05) is 12.1 Å². The molecule has 0 amide bonds. The van der Waals surface area contributed by atoms with E-state index in [2.05, 4.69) is 119 Å². The third kappa shape index (κ3) is 4.35. The molecule has 2 heterocycles. The number of para-hydroxylation sites is 1. The molecule has 0 atom stereocenters. The lowest BCUT2D eigenvalue weighted by Gasteiger charge is -2.24. The Kier molecular flexibility index (Phi) is 6.08. The molecule has 0 saturated carbocycles. The van der Waals surface area contributed by atoms with Crippen LogP contribution in [0.25, 0.3) is 44.5 Å². The SMILES string of the molecule is c1ccc(P(c2ccccc2)c2ccc3ccccc3c2-c2nc(-c3cnccn3)nc3ccccc23)cc1. The van der Waals surface area contributed by atoms with Crippen LogP contribution in [-0.2, 0) is 0 Å². The summed E-state index contributed by atoms with van der Waals surface area (Å²) in [5.74, 6) is 0.569. The fourth-order valence-corrected chi connectivity index (χ4v) is 7.54. The second kappa shape index (κ2) is 10.2. The number of fused-ring (bicyclic) bond motifs is 2. The van der Waals surface area contributed by atoms with Crippen molar-refractivity contribution < 1.29 is 0 Å². The van der Waals surface area contributed by atoms with E-state index < -0.39 is 7.92 Å². The van der Waals surface area contributed by atoms with Gasteiger partial charge in [0.25, 0.3) is 0 Å². The van der Waals surface area contributed by atoms with Crippen LogP contribution in [0.1, 0.15) is 0 Å². The van der Waals surface area contributed by atoms with E-state index in [1.54, 1.807) is 18.6 Å². The van der Waals surface area contributed by atoms with Crippen molar-refractivity contribution >= 4 is 45.5 Å². The minimum Gasteiger partial charge on any atom is -0.261 e. The fraction of sp³-hybridized carbons (Fsp3) is 0. The highest BCUT2D eigenvalue weighted by Crippen LogP contribution is 2.41. The van der Waals surface area contributed by atoms with Crippen LogP contribution in [0.5, 0.6) is 0 Å². The summed E-state index contributed by atoms with van der Waals surface area (Å²) in [7, 11) is -0.871. The molecule has 0 N–H and O–H groups in total. The van der Waals surface area contributed by atoms with E-state index in [0.29, 0.717) is 11.5 Å².